The molecule has 2 aromatic heterocycles. The molecule has 1 aromatic carbocycles. The number of nitrogens with two attached hydrogens (primary N) is 1. The molecule has 4 rings (SSSR count). The predicted octanol–water partition coefficient (Wildman–Crippen LogP) is 4.45. The molecule has 1 aliphatic carbocycles. The molecule has 1 amide bonds. The number of carbonyl (C=O) groups excluding carboxylic acids is 1. The van der Waals surface area contributed by atoms with Crippen molar-refractivity contribution < 1.29 is 18.0 Å². The molecular formula is C27H31F3N6O. The Morgan fingerprint density at radius 3 is 2.57 bits per heavy atom. The lowest BCUT2D eigenvalue weighted by molar-refractivity contribution is -0.140. The van der Waals surface area contributed by atoms with E-state index in [1.165, 1.54) is 16.8 Å². The van der Waals surface area contributed by atoms with Crippen molar-refractivity contribution >= 4 is 28.2 Å². The fraction of sp³-hybridized carbons (Fsp3) is 0.407. The molecule has 0 radical (unpaired) electrons. The molecule has 10 heteroatoms. The average Bonchev–Trinajstić information content (AvgIpc) is 3.19. The number of aromatic nitrogens is 2. The molecule has 37 heavy (non-hydrogen) atoms. The Morgan fingerprint density at radius 1 is 1.19 bits per heavy atom. The first kappa shape index (κ1) is 26.4. The summed E-state index contributed by atoms with van der Waals surface area (Å²) in [6, 6.07) is 11.1. The zero-order valence-corrected chi connectivity index (χ0v) is 20.9. The van der Waals surface area contributed by atoms with E-state index >= 15 is 0 Å². The Morgan fingerprint density at radius 2 is 1.95 bits per heavy atom. The van der Waals surface area contributed by atoms with Gasteiger partial charge in [0.25, 0.3) is 5.91 Å². The van der Waals surface area contributed by atoms with Crippen LogP contribution in [0, 0.1) is 11.8 Å². The number of halogens is 3. The molecule has 1 saturated carbocycles. The van der Waals surface area contributed by atoms with Crippen molar-refractivity contribution in [3.05, 3.63) is 54.0 Å². The molecule has 1 aliphatic rings. The monoisotopic (exact) mass is 512 g/mol. The van der Waals surface area contributed by atoms with E-state index in [0.717, 1.165) is 36.8 Å². The number of hydrogen-bond acceptors (Lipinski definition) is 5. The lowest BCUT2D eigenvalue weighted by atomic mass is 9.90. The highest BCUT2D eigenvalue weighted by Crippen LogP contribution is 2.32. The molecule has 0 unspecified atom stereocenters. The summed E-state index contributed by atoms with van der Waals surface area (Å²) >= 11 is 0. The van der Waals surface area contributed by atoms with E-state index in [9.17, 15) is 18.0 Å². The van der Waals surface area contributed by atoms with Crippen LogP contribution in [-0.4, -0.2) is 59.3 Å². The van der Waals surface area contributed by atoms with Crippen LogP contribution in [0.5, 0.6) is 0 Å². The summed E-state index contributed by atoms with van der Waals surface area (Å²) in [5, 5.41) is 7.33. The maximum absolute atomic E-state index is 13.5. The first-order chi connectivity index (χ1) is 17.6. The molecule has 0 spiro atoms. The van der Waals surface area contributed by atoms with E-state index in [2.05, 4.69) is 46.5 Å². The van der Waals surface area contributed by atoms with Crippen LogP contribution in [0.1, 0.15) is 41.9 Å². The largest absolute Gasteiger partial charge is 0.406 e. The SMILES string of the molecule is CN(C)[C@H]1CC[C@@H](Nc2cccc3c2cc(C#CCNc2ccc(C(N)=O)nc2)n3CC(F)(F)F)CC1. The Bertz CT molecular complexity index is 1300. The molecule has 196 valence electrons. The molecule has 1 fully saturated rings. The quantitative estimate of drug-likeness (QED) is 0.407. The molecule has 7 nitrogen and oxygen atoms in total. The first-order valence-corrected chi connectivity index (χ1v) is 12.2. The number of nitrogens with one attached hydrogen (secondary N) is 2. The number of carbonyl (C=O) groups is 1. The minimum absolute atomic E-state index is 0.142. The maximum atomic E-state index is 13.5. The number of hydrogen-bond donors (Lipinski definition) is 3. The van der Waals surface area contributed by atoms with Crippen LogP contribution in [0.3, 0.4) is 0 Å². The van der Waals surface area contributed by atoms with Gasteiger partial charge < -0.3 is 25.8 Å². The third kappa shape index (κ3) is 6.74. The Kier molecular flexibility index (Phi) is 7.93. The summed E-state index contributed by atoms with van der Waals surface area (Å²) < 4.78 is 41.6. The number of primary amides is 1. The standard InChI is InChI=1S/C27H31F3N6O/c1-35(2)20-11-8-18(9-12-20)34-23-6-3-7-25-22(23)15-21(36(25)17-27(28,29)30)5-4-14-32-19-10-13-24(26(31)37)33-16-19/h3,6-7,10,13,15-16,18,20,32,34H,8-9,11-12,14,17H2,1-2H3,(H2,31,37)/t18-,20+. The summed E-state index contributed by atoms with van der Waals surface area (Å²) in [5.74, 6) is 5.17. The second kappa shape index (κ2) is 11.1. The summed E-state index contributed by atoms with van der Waals surface area (Å²) in [6.07, 6.45) is 1.25. The lowest BCUT2D eigenvalue weighted by Gasteiger charge is -2.33. The lowest BCUT2D eigenvalue weighted by Crippen LogP contribution is -2.36. The van der Waals surface area contributed by atoms with Crippen LogP contribution in [-0.2, 0) is 6.54 Å². The number of rotatable bonds is 7. The zero-order chi connectivity index (χ0) is 26.6. The van der Waals surface area contributed by atoms with Gasteiger partial charge in [-0.15, -0.1) is 0 Å². The van der Waals surface area contributed by atoms with E-state index in [-0.39, 0.29) is 18.3 Å². The Labute approximate surface area is 214 Å². The van der Waals surface area contributed by atoms with Gasteiger partial charge in [0.05, 0.1) is 29.6 Å². The summed E-state index contributed by atoms with van der Waals surface area (Å²) in [7, 11) is 4.19. The number of alkyl halides is 3. The maximum Gasteiger partial charge on any atom is 0.406 e. The van der Waals surface area contributed by atoms with Gasteiger partial charge in [0, 0.05) is 23.2 Å². The minimum atomic E-state index is -4.39. The van der Waals surface area contributed by atoms with Crippen molar-refractivity contribution in [1.29, 1.82) is 0 Å². The van der Waals surface area contributed by atoms with E-state index in [0.29, 0.717) is 22.9 Å². The van der Waals surface area contributed by atoms with Crippen molar-refractivity contribution in [2.24, 2.45) is 5.73 Å². The van der Waals surface area contributed by atoms with E-state index in [1.807, 2.05) is 6.07 Å². The van der Waals surface area contributed by atoms with Gasteiger partial charge in [-0.3, -0.25) is 4.79 Å². The number of pyridine rings is 1. The Balaban J connectivity index is 1.54. The summed E-state index contributed by atoms with van der Waals surface area (Å²) in [5.41, 5.74) is 7.56. The molecule has 0 aliphatic heterocycles. The van der Waals surface area contributed by atoms with Gasteiger partial charge in [-0.25, -0.2) is 4.98 Å². The highest BCUT2D eigenvalue weighted by molar-refractivity contribution is 5.94. The predicted molar refractivity (Wildman–Crippen MR) is 139 cm³/mol. The number of amides is 1. The molecular weight excluding hydrogens is 481 g/mol. The normalized spacial score (nSPS) is 17.9. The van der Waals surface area contributed by atoms with Gasteiger partial charge >= 0.3 is 6.18 Å². The minimum Gasteiger partial charge on any atom is -0.382 e. The molecule has 0 atom stereocenters. The van der Waals surface area contributed by atoms with Gasteiger partial charge in [-0.05, 0) is 76.0 Å². The van der Waals surface area contributed by atoms with Crippen molar-refractivity contribution in [3.8, 4) is 11.8 Å². The van der Waals surface area contributed by atoms with Crippen LogP contribution in [0.2, 0.25) is 0 Å². The van der Waals surface area contributed by atoms with Crippen molar-refractivity contribution in [2.45, 2.75) is 50.5 Å². The highest BCUT2D eigenvalue weighted by Gasteiger charge is 2.30. The van der Waals surface area contributed by atoms with Gasteiger partial charge in [-0.2, -0.15) is 13.2 Å². The van der Waals surface area contributed by atoms with E-state index in [1.54, 1.807) is 24.3 Å². The van der Waals surface area contributed by atoms with Gasteiger partial charge in [-0.1, -0.05) is 12.0 Å². The van der Waals surface area contributed by atoms with Crippen LogP contribution >= 0.6 is 0 Å². The number of anilines is 2. The van der Waals surface area contributed by atoms with E-state index < -0.39 is 18.6 Å². The highest BCUT2D eigenvalue weighted by atomic mass is 19.4. The van der Waals surface area contributed by atoms with Crippen molar-refractivity contribution in [1.82, 2.24) is 14.5 Å². The van der Waals surface area contributed by atoms with Crippen LogP contribution in [0.4, 0.5) is 24.5 Å². The molecule has 4 N–H and O–H groups in total. The third-order valence-electron chi connectivity index (χ3n) is 6.68. The smallest absolute Gasteiger partial charge is 0.382 e. The summed E-state index contributed by atoms with van der Waals surface area (Å²) in [6.45, 7) is -0.935. The van der Waals surface area contributed by atoms with Crippen LogP contribution in [0.25, 0.3) is 10.9 Å². The van der Waals surface area contributed by atoms with Gasteiger partial charge in [0.1, 0.15) is 12.2 Å². The Hall–Kier alpha value is -3.71. The second-order valence-corrected chi connectivity index (χ2v) is 9.53. The molecule has 3 aromatic rings. The van der Waals surface area contributed by atoms with Crippen molar-refractivity contribution in [2.75, 3.05) is 31.3 Å². The fourth-order valence-corrected chi connectivity index (χ4v) is 4.75. The van der Waals surface area contributed by atoms with Crippen LogP contribution in [0.15, 0.2) is 42.6 Å². The topological polar surface area (TPSA) is 88.2 Å². The molecule has 0 bridgehead atoms. The van der Waals surface area contributed by atoms with Crippen LogP contribution < -0.4 is 16.4 Å². The van der Waals surface area contributed by atoms with E-state index in [4.69, 9.17) is 5.73 Å². The second-order valence-electron chi connectivity index (χ2n) is 9.53. The average molecular weight is 513 g/mol. The number of benzene rings is 1. The summed E-state index contributed by atoms with van der Waals surface area (Å²) in [4.78, 5) is 17.3. The van der Waals surface area contributed by atoms with Crippen molar-refractivity contribution in [3.63, 3.8) is 0 Å². The molecule has 2 heterocycles. The number of nitrogens with zero attached hydrogens (tertiary/aromatic N) is 3. The first-order valence-electron chi connectivity index (χ1n) is 12.2. The van der Waals surface area contributed by atoms with Gasteiger partial charge in [0.2, 0.25) is 0 Å². The third-order valence-corrected chi connectivity index (χ3v) is 6.68. The van der Waals surface area contributed by atoms with Gasteiger partial charge in [0.15, 0.2) is 0 Å². The fourth-order valence-electron chi connectivity index (χ4n) is 4.75. The molecule has 0 saturated heterocycles. The number of fused-ring (bicyclic) bond motifs is 1. The zero-order valence-electron chi connectivity index (χ0n) is 20.9.